The second-order valence-corrected chi connectivity index (χ2v) is 6.31. The highest BCUT2D eigenvalue weighted by molar-refractivity contribution is 5.79. The topological polar surface area (TPSA) is 61.2 Å². The molecule has 0 saturated heterocycles. The number of benzene rings is 1. The summed E-state index contributed by atoms with van der Waals surface area (Å²) in [5.74, 6) is 0.301. The molecule has 1 aliphatic heterocycles. The Morgan fingerprint density at radius 2 is 2.05 bits per heavy atom. The van der Waals surface area contributed by atoms with Crippen LogP contribution in [-0.2, 0) is 16.0 Å². The molecular weight excluding hydrogens is 268 g/mol. The van der Waals surface area contributed by atoms with Gasteiger partial charge in [-0.05, 0) is 39.3 Å². The summed E-state index contributed by atoms with van der Waals surface area (Å²) < 4.78 is 6.92. The van der Waals surface area contributed by atoms with Crippen LogP contribution >= 0.6 is 0 Å². The predicted octanol–water partition coefficient (Wildman–Crippen LogP) is 2.23. The van der Waals surface area contributed by atoms with Gasteiger partial charge in [-0.15, -0.1) is 0 Å². The van der Waals surface area contributed by atoms with Crippen LogP contribution in [0.4, 0.5) is 0 Å². The number of carbonyl (C=O) groups excluding carboxylic acids is 1. The monoisotopic (exact) mass is 286 g/mol. The van der Waals surface area contributed by atoms with Crippen LogP contribution in [0, 0.1) is 0 Å². The van der Waals surface area contributed by atoms with Crippen molar-refractivity contribution in [2.75, 3.05) is 0 Å². The summed E-state index contributed by atoms with van der Waals surface area (Å²) in [6.45, 7) is 5.46. The molecule has 0 aliphatic carbocycles. The SMILES string of the molecule is CC(C)(C)OC(=O)C1CCc2nc3ccccc3c(=O)n21. The van der Waals surface area contributed by atoms with Gasteiger partial charge in [-0.2, -0.15) is 0 Å². The Morgan fingerprint density at radius 3 is 2.76 bits per heavy atom. The number of aryl methyl sites for hydroxylation is 1. The molecule has 1 unspecified atom stereocenters. The minimum atomic E-state index is -0.566. The summed E-state index contributed by atoms with van der Waals surface area (Å²) >= 11 is 0. The minimum Gasteiger partial charge on any atom is -0.458 e. The first kappa shape index (κ1) is 13.8. The van der Waals surface area contributed by atoms with Crippen molar-refractivity contribution in [3.63, 3.8) is 0 Å². The molecular formula is C16H18N2O3. The minimum absolute atomic E-state index is 0.163. The highest BCUT2D eigenvalue weighted by Crippen LogP contribution is 2.26. The van der Waals surface area contributed by atoms with Crippen molar-refractivity contribution in [3.05, 3.63) is 40.4 Å². The van der Waals surface area contributed by atoms with Crippen LogP contribution in [0.1, 0.15) is 39.1 Å². The highest BCUT2D eigenvalue weighted by Gasteiger charge is 2.34. The molecule has 5 heteroatoms. The number of fused-ring (bicyclic) bond motifs is 2. The number of hydrogen-bond donors (Lipinski definition) is 0. The second kappa shape index (κ2) is 4.69. The first-order valence-electron chi connectivity index (χ1n) is 7.10. The third-order valence-electron chi connectivity index (χ3n) is 3.51. The van der Waals surface area contributed by atoms with Gasteiger partial charge in [0.25, 0.3) is 5.56 Å². The quantitative estimate of drug-likeness (QED) is 0.754. The van der Waals surface area contributed by atoms with E-state index in [1.165, 1.54) is 4.57 Å². The highest BCUT2D eigenvalue weighted by atomic mass is 16.6. The van der Waals surface area contributed by atoms with Crippen LogP contribution in [0.2, 0.25) is 0 Å². The van der Waals surface area contributed by atoms with E-state index in [0.29, 0.717) is 29.6 Å². The molecule has 2 heterocycles. The van der Waals surface area contributed by atoms with Gasteiger partial charge in [0.1, 0.15) is 17.5 Å². The molecule has 3 rings (SSSR count). The third-order valence-corrected chi connectivity index (χ3v) is 3.51. The molecule has 1 aliphatic rings. The smallest absolute Gasteiger partial charge is 0.329 e. The molecule has 0 bridgehead atoms. The number of carbonyl (C=O) groups is 1. The van der Waals surface area contributed by atoms with Crippen molar-refractivity contribution in [2.24, 2.45) is 0 Å². The number of nitrogens with zero attached hydrogens (tertiary/aromatic N) is 2. The molecule has 5 nitrogen and oxygen atoms in total. The summed E-state index contributed by atoms with van der Waals surface area (Å²) in [6.07, 6.45) is 1.18. The van der Waals surface area contributed by atoms with Crippen molar-refractivity contribution in [3.8, 4) is 0 Å². The fraction of sp³-hybridized carbons (Fsp3) is 0.438. The molecule has 0 spiro atoms. The average molecular weight is 286 g/mol. The molecule has 1 aromatic heterocycles. The average Bonchev–Trinajstić information content (AvgIpc) is 2.81. The molecule has 1 aromatic carbocycles. The number of hydrogen-bond acceptors (Lipinski definition) is 4. The van der Waals surface area contributed by atoms with Gasteiger partial charge in [0, 0.05) is 6.42 Å². The molecule has 2 aromatic rings. The molecule has 0 fully saturated rings. The summed E-state index contributed by atoms with van der Waals surface area (Å²) in [4.78, 5) is 29.4. The van der Waals surface area contributed by atoms with Crippen molar-refractivity contribution >= 4 is 16.9 Å². The van der Waals surface area contributed by atoms with Gasteiger partial charge < -0.3 is 4.74 Å². The zero-order valence-corrected chi connectivity index (χ0v) is 12.4. The largest absolute Gasteiger partial charge is 0.458 e. The van der Waals surface area contributed by atoms with E-state index >= 15 is 0 Å². The molecule has 0 radical (unpaired) electrons. The number of rotatable bonds is 1. The normalized spacial score (nSPS) is 17.8. The van der Waals surface area contributed by atoms with Gasteiger partial charge in [-0.1, -0.05) is 12.1 Å². The Labute approximate surface area is 122 Å². The maximum absolute atomic E-state index is 12.6. The van der Waals surface area contributed by atoms with Gasteiger partial charge >= 0.3 is 5.97 Å². The Hall–Kier alpha value is -2.17. The summed E-state index contributed by atoms with van der Waals surface area (Å²) in [7, 11) is 0. The van der Waals surface area contributed by atoms with E-state index in [4.69, 9.17) is 4.74 Å². The van der Waals surface area contributed by atoms with Crippen LogP contribution in [0.15, 0.2) is 29.1 Å². The predicted molar refractivity (Wildman–Crippen MR) is 79.2 cm³/mol. The number of para-hydroxylation sites is 1. The molecule has 1 atom stereocenters. The molecule has 0 N–H and O–H groups in total. The molecule has 110 valence electrons. The fourth-order valence-electron chi connectivity index (χ4n) is 2.68. The lowest BCUT2D eigenvalue weighted by Gasteiger charge is -2.23. The van der Waals surface area contributed by atoms with Crippen LogP contribution in [0.25, 0.3) is 10.9 Å². The van der Waals surface area contributed by atoms with Crippen LogP contribution in [0.3, 0.4) is 0 Å². The lowest BCUT2D eigenvalue weighted by Crippen LogP contribution is -2.33. The second-order valence-electron chi connectivity index (χ2n) is 6.31. The summed E-state index contributed by atoms with van der Waals surface area (Å²) in [5, 5.41) is 0.539. The Morgan fingerprint density at radius 1 is 1.33 bits per heavy atom. The van der Waals surface area contributed by atoms with E-state index < -0.39 is 11.6 Å². The third kappa shape index (κ3) is 2.44. The summed E-state index contributed by atoms with van der Waals surface area (Å²) in [5.41, 5.74) is -0.0455. The van der Waals surface area contributed by atoms with Crippen molar-refractivity contribution < 1.29 is 9.53 Å². The van der Waals surface area contributed by atoms with Gasteiger partial charge in [-0.25, -0.2) is 9.78 Å². The lowest BCUT2D eigenvalue weighted by atomic mass is 10.1. The van der Waals surface area contributed by atoms with Gasteiger partial charge in [0.2, 0.25) is 0 Å². The van der Waals surface area contributed by atoms with Crippen molar-refractivity contribution in [1.82, 2.24) is 9.55 Å². The Bertz CT molecular complexity index is 771. The zero-order valence-electron chi connectivity index (χ0n) is 12.4. The molecule has 21 heavy (non-hydrogen) atoms. The number of esters is 1. The van der Waals surface area contributed by atoms with Crippen molar-refractivity contribution in [2.45, 2.75) is 45.3 Å². The Balaban J connectivity index is 2.08. The van der Waals surface area contributed by atoms with Crippen LogP contribution in [-0.4, -0.2) is 21.1 Å². The number of ether oxygens (including phenoxy) is 1. The van der Waals surface area contributed by atoms with Gasteiger partial charge in [0.15, 0.2) is 0 Å². The standard InChI is InChI=1S/C16H18N2O3/c1-16(2,3)21-15(20)12-8-9-13-17-11-7-5-4-6-10(11)14(19)18(12)13/h4-7,12H,8-9H2,1-3H3. The number of aromatic nitrogens is 2. The van der Waals surface area contributed by atoms with Gasteiger partial charge in [0.05, 0.1) is 10.9 Å². The fourth-order valence-corrected chi connectivity index (χ4v) is 2.68. The van der Waals surface area contributed by atoms with E-state index in [2.05, 4.69) is 4.98 Å². The van der Waals surface area contributed by atoms with Crippen LogP contribution < -0.4 is 5.56 Å². The lowest BCUT2D eigenvalue weighted by molar-refractivity contribution is -0.158. The van der Waals surface area contributed by atoms with E-state index in [0.717, 1.165) is 0 Å². The van der Waals surface area contributed by atoms with E-state index in [1.54, 1.807) is 12.1 Å². The van der Waals surface area contributed by atoms with Crippen molar-refractivity contribution in [1.29, 1.82) is 0 Å². The van der Waals surface area contributed by atoms with E-state index in [-0.39, 0.29) is 11.5 Å². The molecule has 0 amide bonds. The summed E-state index contributed by atoms with van der Waals surface area (Å²) in [6, 6.07) is 6.65. The first-order chi connectivity index (χ1) is 9.87. The van der Waals surface area contributed by atoms with Crippen LogP contribution in [0.5, 0.6) is 0 Å². The van der Waals surface area contributed by atoms with E-state index in [9.17, 15) is 9.59 Å². The first-order valence-corrected chi connectivity index (χ1v) is 7.10. The van der Waals surface area contributed by atoms with E-state index in [1.807, 2.05) is 32.9 Å². The maximum Gasteiger partial charge on any atom is 0.329 e. The zero-order chi connectivity index (χ0) is 15.2. The maximum atomic E-state index is 12.6. The molecule has 0 saturated carbocycles. The Kier molecular flexibility index (Phi) is 3.08. The van der Waals surface area contributed by atoms with Gasteiger partial charge in [-0.3, -0.25) is 9.36 Å².